The summed E-state index contributed by atoms with van der Waals surface area (Å²) in [7, 11) is 0. The molecule has 3 rings (SSSR count). The summed E-state index contributed by atoms with van der Waals surface area (Å²) in [6.45, 7) is 7.21. The second-order valence-corrected chi connectivity index (χ2v) is 11.1. The molecule has 30 heavy (non-hydrogen) atoms. The fourth-order valence-corrected chi connectivity index (χ4v) is 8.89. The summed E-state index contributed by atoms with van der Waals surface area (Å²) >= 11 is 5.16. The number of aliphatic hydroxyl groups is 1. The normalized spacial score (nSPS) is 34.3. The number of likely N-dealkylation sites (tertiary alicyclic amines) is 1. The number of nitrogens with zero attached hydrogens (tertiary/aromatic N) is 2. The number of aliphatic hydroxyl groups excluding tert-OH is 1. The molecule has 1 spiro atoms. The van der Waals surface area contributed by atoms with E-state index < -0.39 is 28.6 Å². The zero-order valence-electron chi connectivity index (χ0n) is 17.3. The molecule has 9 heteroatoms. The van der Waals surface area contributed by atoms with Gasteiger partial charge in [-0.1, -0.05) is 35.4 Å². The van der Waals surface area contributed by atoms with Crippen molar-refractivity contribution in [1.82, 2.24) is 9.80 Å². The molecule has 168 valence electrons. The number of halogens is 1. The fourth-order valence-electron chi connectivity index (χ4n) is 5.29. The monoisotopic (exact) mass is 502 g/mol. The number of alkyl halides is 1. The van der Waals surface area contributed by atoms with E-state index in [9.17, 15) is 24.6 Å². The molecule has 3 unspecified atom stereocenters. The molecule has 6 atom stereocenters. The number of hydrogen-bond acceptors (Lipinski definition) is 5. The maximum absolute atomic E-state index is 13.8. The molecule has 0 saturated carbocycles. The SMILES string of the molecule is C=CCN(CCCC)C(=O)C1N(CCCCO)C(=O)[C@@H]2[C@H](C(=O)O)[C@H]3SC12CC3Br. The van der Waals surface area contributed by atoms with Gasteiger partial charge in [-0.15, -0.1) is 18.3 Å². The highest BCUT2D eigenvalue weighted by Gasteiger charge is 2.75. The van der Waals surface area contributed by atoms with E-state index in [-0.39, 0.29) is 28.5 Å². The summed E-state index contributed by atoms with van der Waals surface area (Å²) in [4.78, 5) is 42.7. The largest absolute Gasteiger partial charge is 0.481 e. The van der Waals surface area contributed by atoms with Crippen LogP contribution in [-0.4, -0.2) is 84.9 Å². The number of carboxylic acids is 1. The zero-order chi connectivity index (χ0) is 22.1. The standard InChI is InChI=1S/C21H31BrN2O5S/c1-3-5-9-23(8-4-2)19(27)17-21-12-13(22)16(30-21)14(20(28)29)15(21)18(26)24(17)10-6-7-11-25/h4,13-17,25H,2-3,5-12H2,1H3,(H,28,29)/t13?,14-,15-,16-,17?,21?/m0/s1. The Morgan fingerprint density at radius 2 is 2.13 bits per heavy atom. The second-order valence-electron chi connectivity index (χ2n) is 8.39. The number of rotatable bonds is 11. The molecule has 3 heterocycles. The number of carbonyl (C=O) groups is 3. The van der Waals surface area contributed by atoms with E-state index in [0.29, 0.717) is 38.9 Å². The van der Waals surface area contributed by atoms with Gasteiger partial charge in [0.25, 0.3) is 0 Å². The lowest BCUT2D eigenvalue weighted by Gasteiger charge is -2.37. The van der Waals surface area contributed by atoms with Crippen LogP contribution in [0.15, 0.2) is 12.7 Å². The van der Waals surface area contributed by atoms with E-state index in [0.717, 1.165) is 12.8 Å². The Balaban J connectivity index is 1.99. The Bertz CT molecular complexity index is 707. The van der Waals surface area contributed by atoms with Gasteiger partial charge >= 0.3 is 5.97 Å². The first-order chi connectivity index (χ1) is 14.3. The molecule has 0 aromatic carbocycles. The van der Waals surface area contributed by atoms with E-state index in [1.54, 1.807) is 15.9 Å². The Morgan fingerprint density at radius 1 is 1.40 bits per heavy atom. The van der Waals surface area contributed by atoms with Gasteiger partial charge in [-0.2, -0.15) is 0 Å². The van der Waals surface area contributed by atoms with Gasteiger partial charge in [0.05, 0.1) is 16.6 Å². The van der Waals surface area contributed by atoms with Crippen LogP contribution in [0.5, 0.6) is 0 Å². The van der Waals surface area contributed by atoms with Crippen molar-refractivity contribution in [3.63, 3.8) is 0 Å². The van der Waals surface area contributed by atoms with Gasteiger partial charge in [-0.3, -0.25) is 14.4 Å². The highest BCUT2D eigenvalue weighted by Crippen LogP contribution is 2.67. The fraction of sp³-hybridized carbons (Fsp3) is 0.762. The Labute approximate surface area is 190 Å². The number of carbonyl (C=O) groups excluding carboxylic acids is 2. The lowest BCUT2D eigenvalue weighted by atomic mass is 9.71. The van der Waals surface area contributed by atoms with Crippen molar-refractivity contribution in [2.45, 2.75) is 59.9 Å². The van der Waals surface area contributed by atoms with Crippen molar-refractivity contribution in [1.29, 1.82) is 0 Å². The van der Waals surface area contributed by atoms with Crippen LogP contribution in [0.4, 0.5) is 0 Å². The van der Waals surface area contributed by atoms with Crippen molar-refractivity contribution >= 4 is 45.5 Å². The van der Waals surface area contributed by atoms with Crippen LogP contribution in [0.3, 0.4) is 0 Å². The van der Waals surface area contributed by atoms with E-state index in [2.05, 4.69) is 29.4 Å². The van der Waals surface area contributed by atoms with Gasteiger partial charge in [0.1, 0.15) is 6.04 Å². The first-order valence-corrected chi connectivity index (χ1v) is 12.5. The van der Waals surface area contributed by atoms with E-state index in [1.165, 1.54) is 11.8 Å². The van der Waals surface area contributed by atoms with E-state index in [1.807, 2.05) is 0 Å². The Kier molecular flexibility index (Phi) is 7.56. The van der Waals surface area contributed by atoms with Crippen LogP contribution in [-0.2, 0) is 14.4 Å². The molecule has 0 aliphatic carbocycles. The Morgan fingerprint density at radius 3 is 2.73 bits per heavy atom. The smallest absolute Gasteiger partial charge is 0.308 e. The van der Waals surface area contributed by atoms with E-state index >= 15 is 0 Å². The topological polar surface area (TPSA) is 98.2 Å². The van der Waals surface area contributed by atoms with Crippen molar-refractivity contribution < 1.29 is 24.6 Å². The quantitative estimate of drug-likeness (QED) is 0.255. The second kappa shape index (κ2) is 9.61. The van der Waals surface area contributed by atoms with Gasteiger partial charge in [0.2, 0.25) is 11.8 Å². The minimum atomic E-state index is -0.964. The maximum Gasteiger partial charge on any atom is 0.308 e. The third-order valence-electron chi connectivity index (χ3n) is 6.56. The average molecular weight is 503 g/mol. The van der Waals surface area contributed by atoms with Crippen LogP contribution in [0.1, 0.15) is 39.0 Å². The molecule has 7 nitrogen and oxygen atoms in total. The third-order valence-corrected chi connectivity index (χ3v) is 9.78. The predicted molar refractivity (Wildman–Crippen MR) is 120 cm³/mol. The lowest BCUT2D eigenvalue weighted by Crippen LogP contribution is -2.55. The molecule has 2 N–H and O–H groups in total. The summed E-state index contributed by atoms with van der Waals surface area (Å²) in [6.07, 6.45) is 5.21. The van der Waals surface area contributed by atoms with Crippen molar-refractivity contribution in [3.8, 4) is 0 Å². The van der Waals surface area contributed by atoms with Crippen LogP contribution in [0.2, 0.25) is 0 Å². The predicted octanol–water partition coefficient (Wildman–Crippen LogP) is 2.12. The highest BCUT2D eigenvalue weighted by atomic mass is 79.9. The molecule has 3 aliphatic rings. The molecule has 2 bridgehead atoms. The molecule has 3 saturated heterocycles. The van der Waals surface area contributed by atoms with E-state index in [4.69, 9.17) is 0 Å². The number of amides is 2. The summed E-state index contributed by atoms with van der Waals surface area (Å²) in [5.74, 6) is -2.76. The summed E-state index contributed by atoms with van der Waals surface area (Å²) in [6, 6.07) is -0.676. The number of unbranched alkanes of at least 4 members (excludes halogenated alkanes) is 2. The van der Waals surface area contributed by atoms with Crippen LogP contribution in [0, 0.1) is 11.8 Å². The molecule has 0 aromatic rings. The van der Waals surface area contributed by atoms with Gasteiger partial charge in [0, 0.05) is 36.3 Å². The molecule has 0 aromatic heterocycles. The van der Waals surface area contributed by atoms with Gasteiger partial charge in [-0.05, 0) is 25.7 Å². The average Bonchev–Trinajstić information content (AvgIpc) is 3.29. The van der Waals surface area contributed by atoms with Gasteiger partial charge in [-0.25, -0.2) is 0 Å². The maximum atomic E-state index is 13.8. The lowest BCUT2D eigenvalue weighted by molar-refractivity contribution is -0.148. The van der Waals surface area contributed by atoms with Crippen molar-refractivity contribution in [2.24, 2.45) is 11.8 Å². The zero-order valence-corrected chi connectivity index (χ0v) is 19.7. The first kappa shape index (κ1) is 23.6. The third kappa shape index (κ3) is 3.81. The first-order valence-electron chi connectivity index (χ1n) is 10.7. The van der Waals surface area contributed by atoms with Crippen LogP contribution >= 0.6 is 27.7 Å². The van der Waals surface area contributed by atoms with Crippen LogP contribution in [0.25, 0.3) is 0 Å². The van der Waals surface area contributed by atoms with Crippen molar-refractivity contribution in [3.05, 3.63) is 12.7 Å². The molecule has 2 amide bonds. The number of fused-ring (bicyclic) bond motifs is 1. The number of thioether (sulfide) groups is 1. The molecule has 3 fully saturated rings. The number of aliphatic carboxylic acids is 1. The number of carboxylic acid groups (broad SMARTS) is 1. The molecule has 0 radical (unpaired) electrons. The van der Waals surface area contributed by atoms with Gasteiger partial charge < -0.3 is 20.0 Å². The molecule has 3 aliphatic heterocycles. The summed E-state index contributed by atoms with van der Waals surface area (Å²) in [5, 5.41) is 18.9. The van der Waals surface area contributed by atoms with Gasteiger partial charge in [0.15, 0.2) is 0 Å². The van der Waals surface area contributed by atoms with Crippen LogP contribution < -0.4 is 0 Å². The molecular weight excluding hydrogens is 472 g/mol. The summed E-state index contributed by atoms with van der Waals surface area (Å²) in [5.41, 5.74) is 0. The summed E-state index contributed by atoms with van der Waals surface area (Å²) < 4.78 is -0.721. The van der Waals surface area contributed by atoms with Crippen molar-refractivity contribution in [2.75, 3.05) is 26.2 Å². The number of hydrogen-bond donors (Lipinski definition) is 2. The highest BCUT2D eigenvalue weighted by molar-refractivity contribution is 9.09. The minimum absolute atomic E-state index is 0.0202. The minimum Gasteiger partial charge on any atom is -0.481 e. The molecular formula is C21H31BrN2O5S. The Hall–Kier alpha value is -1.06.